The van der Waals surface area contributed by atoms with Gasteiger partial charge in [-0.3, -0.25) is 13.9 Å². The largest absolute Gasteiger partial charge is 0.393 e. The Morgan fingerprint density at radius 2 is 1.84 bits per heavy atom. The molecule has 7 nitrogen and oxygen atoms in total. The predicted molar refractivity (Wildman–Crippen MR) is 98.2 cm³/mol. The lowest BCUT2D eigenvalue weighted by molar-refractivity contribution is 0.220. The first-order chi connectivity index (χ1) is 11.9. The predicted octanol–water partition coefficient (Wildman–Crippen LogP) is 0.955. The van der Waals surface area contributed by atoms with E-state index in [9.17, 15) is 14.7 Å². The summed E-state index contributed by atoms with van der Waals surface area (Å²) in [5, 5.41) is 10.1. The molecule has 1 atom stereocenters. The minimum atomic E-state index is -0.483. The molecule has 132 valence electrons. The summed E-state index contributed by atoms with van der Waals surface area (Å²) < 4.78 is 4.31. The second kappa shape index (κ2) is 6.89. The van der Waals surface area contributed by atoms with Crippen molar-refractivity contribution in [3.63, 3.8) is 0 Å². The van der Waals surface area contributed by atoms with Gasteiger partial charge in [-0.1, -0.05) is 42.1 Å². The highest BCUT2D eigenvalue weighted by molar-refractivity contribution is 7.99. The summed E-state index contributed by atoms with van der Waals surface area (Å²) in [5.41, 5.74) is 0.861. The Labute approximate surface area is 148 Å². The molecule has 2 heterocycles. The number of nitrogens with zero attached hydrogens (tertiary/aromatic N) is 4. The summed E-state index contributed by atoms with van der Waals surface area (Å²) in [4.78, 5) is 30.0. The van der Waals surface area contributed by atoms with Crippen LogP contribution in [-0.4, -0.2) is 35.6 Å². The van der Waals surface area contributed by atoms with Crippen LogP contribution >= 0.6 is 11.8 Å². The Kier molecular flexibility index (Phi) is 4.82. The van der Waals surface area contributed by atoms with E-state index in [-0.39, 0.29) is 12.1 Å². The maximum atomic E-state index is 12.9. The van der Waals surface area contributed by atoms with Crippen molar-refractivity contribution in [2.75, 3.05) is 5.75 Å². The van der Waals surface area contributed by atoms with Crippen molar-refractivity contribution < 1.29 is 5.11 Å². The molecule has 0 aliphatic heterocycles. The van der Waals surface area contributed by atoms with Crippen LogP contribution in [0.5, 0.6) is 0 Å². The summed E-state index contributed by atoms with van der Waals surface area (Å²) in [5.74, 6) is 0.462. The van der Waals surface area contributed by atoms with Gasteiger partial charge in [-0.2, -0.15) is 0 Å². The Morgan fingerprint density at radius 1 is 1.16 bits per heavy atom. The molecule has 0 spiro atoms. The fourth-order valence-corrected chi connectivity index (χ4v) is 3.48. The Hall–Kier alpha value is -2.32. The van der Waals surface area contributed by atoms with E-state index in [2.05, 4.69) is 4.98 Å². The SMILES string of the molecule is C[C@@H](O)CSc1nc2c(c(=O)n(Cc3ccccc3)c(=O)n2C)n1C. The van der Waals surface area contributed by atoms with E-state index in [1.807, 2.05) is 30.3 Å². The van der Waals surface area contributed by atoms with Gasteiger partial charge in [0.05, 0.1) is 12.6 Å². The van der Waals surface area contributed by atoms with E-state index in [0.717, 1.165) is 5.56 Å². The second-order valence-corrected chi connectivity index (χ2v) is 6.99. The zero-order valence-electron chi connectivity index (χ0n) is 14.3. The molecule has 0 radical (unpaired) electrons. The van der Waals surface area contributed by atoms with Crippen molar-refractivity contribution in [1.82, 2.24) is 18.7 Å². The molecule has 3 rings (SSSR count). The molecule has 0 fully saturated rings. The molecule has 2 aromatic heterocycles. The molecular formula is C17H20N4O3S. The van der Waals surface area contributed by atoms with Crippen molar-refractivity contribution >= 4 is 22.9 Å². The molecule has 0 saturated carbocycles. The molecule has 25 heavy (non-hydrogen) atoms. The lowest BCUT2D eigenvalue weighted by Crippen LogP contribution is -2.39. The Morgan fingerprint density at radius 3 is 2.48 bits per heavy atom. The third-order valence-corrected chi connectivity index (χ3v) is 5.23. The molecule has 0 aliphatic carbocycles. The molecular weight excluding hydrogens is 340 g/mol. The maximum Gasteiger partial charge on any atom is 0.332 e. The second-order valence-electron chi connectivity index (χ2n) is 6.00. The van der Waals surface area contributed by atoms with Crippen LogP contribution in [-0.2, 0) is 20.6 Å². The molecule has 0 unspecified atom stereocenters. The third-order valence-electron chi connectivity index (χ3n) is 3.96. The molecule has 0 saturated heterocycles. The standard InChI is InChI=1S/C17H20N4O3S/c1-11(22)10-25-16-18-14-13(19(16)2)15(23)21(17(24)20(14)3)9-12-7-5-4-6-8-12/h4-8,11,22H,9-10H2,1-3H3/t11-/m1/s1. The Balaban J connectivity index is 2.15. The van der Waals surface area contributed by atoms with Crippen LogP contribution < -0.4 is 11.2 Å². The zero-order valence-corrected chi connectivity index (χ0v) is 15.2. The molecule has 0 bridgehead atoms. The average Bonchev–Trinajstić information content (AvgIpc) is 2.93. The van der Waals surface area contributed by atoms with Crippen LogP contribution in [0, 0.1) is 0 Å². The highest BCUT2D eigenvalue weighted by atomic mass is 32.2. The van der Waals surface area contributed by atoms with Gasteiger partial charge in [0, 0.05) is 19.8 Å². The smallest absolute Gasteiger partial charge is 0.332 e. The first-order valence-corrected chi connectivity index (χ1v) is 8.89. The Bertz CT molecular complexity index is 1020. The first-order valence-electron chi connectivity index (χ1n) is 7.91. The van der Waals surface area contributed by atoms with Crippen molar-refractivity contribution in [3.8, 4) is 0 Å². The fraction of sp³-hybridized carbons (Fsp3) is 0.353. The van der Waals surface area contributed by atoms with Gasteiger partial charge in [-0.15, -0.1) is 0 Å². The van der Waals surface area contributed by atoms with Gasteiger partial charge in [-0.05, 0) is 12.5 Å². The monoisotopic (exact) mass is 360 g/mol. The van der Waals surface area contributed by atoms with E-state index in [1.54, 1.807) is 25.6 Å². The van der Waals surface area contributed by atoms with E-state index in [4.69, 9.17) is 0 Å². The number of thioether (sulfide) groups is 1. The van der Waals surface area contributed by atoms with Gasteiger partial charge < -0.3 is 9.67 Å². The zero-order chi connectivity index (χ0) is 18.1. The number of benzene rings is 1. The van der Waals surface area contributed by atoms with Crippen LogP contribution in [0.1, 0.15) is 12.5 Å². The lowest BCUT2D eigenvalue weighted by Gasteiger charge is -2.08. The highest BCUT2D eigenvalue weighted by Crippen LogP contribution is 2.20. The first kappa shape index (κ1) is 17.5. The van der Waals surface area contributed by atoms with E-state index in [0.29, 0.717) is 22.1 Å². The highest BCUT2D eigenvalue weighted by Gasteiger charge is 2.19. The number of hydrogen-bond acceptors (Lipinski definition) is 5. The maximum absolute atomic E-state index is 12.9. The number of rotatable bonds is 5. The number of fused-ring (bicyclic) bond motifs is 1. The van der Waals surface area contributed by atoms with E-state index in [1.165, 1.54) is 20.9 Å². The lowest BCUT2D eigenvalue weighted by atomic mass is 10.2. The quantitative estimate of drug-likeness (QED) is 0.685. The van der Waals surface area contributed by atoms with Gasteiger partial charge in [0.1, 0.15) is 0 Å². The average molecular weight is 360 g/mol. The minimum absolute atomic E-state index is 0.212. The number of aromatic nitrogens is 4. The van der Waals surface area contributed by atoms with Gasteiger partial charge in [0.2, 0.25) is 0 Å². The molecule has 1 aromatic carbocycles. The van der Waals surface area contributed by atoms with Crippen molar-refractivity contribution in [2.45, 2.75) is 24.7 Å². The van der Waals surface area contributed by atoms with E-state index >= 15 is 0 Å². The van der Waals surface area contributed by atoms with Gasteiger partial charge in [-0.25, -0.2) is 9.78 Å². The molecule has 0 amide bonds. The van der Waals surface area contributed by atoms with Crippen LogP contribution in [0.4, 0.5) is 0 Å². The molecule has 0 aliphatic rings. The summed E-state index contributed by atoms with van der Waals surface area (Å²) in [7, 11) is 3.36. The summed E-state index contributed by atoms with van der Waals surface area (Å²) in [6.45, 7) is 1.90. The van der Waals surface area contributed by atoms with Crippen molar-refractivity contribution in [3.05, 3.63) is 56.7 Å². The van der Waals surface area contributed by atoms with Crippen molar-refractivity contribution in [1.29, 1.82) is 0 Å². The van der Waals surface area contributed by atoms with Crippen LogP contribution in [0.15, 0.2) is 45.1 Å². The molecule has 1 N–H and O–H groups in total. The number of aryl methyl sites for hydroxylation is 2. The minimum Gasteiger partial charge on any atom is -0.393 e. The molecule has 3 aromatic rings. The van der Waals surface area contributed by atoms with Crippen molar-refractivity contribution in [2.24, 2.45) is 14.1 Å². The van der Waals surface area contributed by atoms with Crippen LogP contribution in [0.25, 0.3) is 11.2 Å². The number of hydrogen-bond donors (Lipinski definition) is 1. The number of aliphatic hydroxyl groups is 1. The number of aliphatic hydroxyl groups excluding tert-OH is 1. The molecule has 8 heteroatoms. The van der Waals surface area contributed by atoms with Crippen LogP contribution in [0.2, 0.25) is 0 Å². The number of imidazole rings is 1. The fourth-order valence-electron chi connectivity index (χ4n) is 2.65. The van der Waals surface area contributed by atoms with Gasteiger partial charge in [0.15, 0.2) is 16.3 Å². The normalized spacial score (nSPS) is 12.6. The van der Waals surface area contributed by atoms with Gasteiger partial charge in [0.25, 0.3) is 5.56 Å². The third kappa shape index (κ3) is 3.27. The van der Waals surface area contributed by atoms with E-state index < -0.39 is 11.8 Å². The van der Waals surface area contributed by atoms with Crippen LogP contribution in [0.3, 0.4) is 0 Å². The summed E-state index contributed by atoms with van der Waals surface area (Å²) in [6, 6.07) is 9.39. The summed E-state index contributed by atoms with van der Waals surface area (Å²) >= 11 is 1.35. The van der Waals surface area contributed by atoms with Gasteiger partial charge >= 0.3 is 5.69 Å². The summed E-state index contributed by atoms with van der Waals surface area (Å²) in [6.07, 6.45) is -0.483. The topological polar surface area (TPSA) is 82.1 Å².